The van der Waals surface area contributed by atoms with Crippen molar-refractivity contribution in [3.63, 3.8) is 0 Å². The van der Waals surface area contributed by atoms with Crippen molar-refractivity contribution >= 4 is 6.08 Å². The van der Waals surface area contributed by atoms with Gasteiger partial charge in [0, 0.05) is 0 Å². The first-order chi connectivity index (χ1) is 10.1. The minimum absolute atomic E-state index is 0.164. The molecule has 0 spiro atoms. The summed E-state index contributed by atoms with van der Waals surface area (Å²) in [6.45, 7) is -0.303. The third-order valence-electron chi connectivity index (χ3n) is 3.32. The Morgan fingerprint density at radius 1 is 1.05 bits per heavy atom. The fourth-order valence-corrected chi connectivity index (χ4v) is 2.10. The van der Waals surface area contributed by atoms with Gasteiger partial charge in [-0.25, -0.2) is 0 Å². The highest BCUT2D eigenvalue weighted by Gasteiger charge is 2.43. The molecule has 0 aliphatic carbocycles. The van der Waals surface area contributed by atoms with Crippen molar-refractivity contribution in [1.29, 1.82) is 0 Å². The van der Waals surface area contributed by atoms with Gasteiger partial charge in [-0.3, -0.25) is 0 Å². The van der Waals surface area contributed by atoms with E-state index in [1.807, 2.05) is 36.4 Å². The first-order valence-electron chi connectivity index (χ1n) is 6.77. The summed E-state index contributed by atoms with van der Waals surface area (Å²) in [7, 11) is 0. The molecule has 0 aromatic heterocycles. The zero-order valence-corrected chi connectivity index (χ0v) is 11.4. The average molecular weight is 296 g/mol. The standard InChI is InChI=1S/C15H20O6/c16-9-11-12(17)13(18)14(19)15(21-11)20-8-4-7-10-5-2-1-3-6-10/h1-7,11-19H,8-9H2/t11-,12+,13+,14-,15-/m1/s1. The number of aliphatic hydroxyl groups is 4. The summed E-state index contributed by atoms with van der Waals surface area (Å²) < 4.78 is 10.5. The molecule has 1 aliphatic heterocycles. The van der Waals surface area contributed by atoms with Crippen LogP contribution in [0.1, 0.15) is 5.56 Å². The topological polar surface area (TPSA) is 99.4 Å². The normalized spacial score (nSPS) is 33.4. The lowest BCUT2D eigenvalue weighted by molar-refractivity contribution is -0.298. The van der Waals surface area contributed by atoms with Gasteiger partial charge in [0.05, 0.1) is 13.2 Å². The maximum absolute atomic E-state index is 9.77. The smallest absolute Gasteiger partial charge is 0.187 e. The Balaban J connectivity index is 1.86. The van der Waals surface area contributed by atoms with Crippen LogP contribution in [0.4, 0.5) is 0 Å². The fraction of sp³-hybridized carbons (Fsp3) is 0.467. The molecule has 116 valence electrons. The molecule has 21 heavy (non-hydrogen) atoms. The van der Waals surface area contributed by atoms with E-state index in [-0.39, 0.29) is 6.61 Å². The summed E-state index contributed by atoms with van der Waals surface area (Å²) in [6, 6.07) is 9.62. The van der Waals surface area contributed by atoms with Gasteiger partial charge in [0.1, 0.15) is 24.4 Å². The first-order valence-corrected chi connectivity index (χ1v) is 6.77. The molecular weight excluding hydrogens is 276 g/mol. The van der Waals surface area contributed by atoms with Crippen molar-refractivity contribution in [1.82, 2.24) is 0 Å². The van der Waals surface area contributed by atoms with Crippen molar-refractivity contribution in [2.24, 2.45) is 0 Å². The number of ether oxygens (including phenoxy) is 2. The number of rotatable bonds is 5. The van der Waals surface area contributed by atoms with E-state index in [9.17, 15) is 15.3 Å². The second-order valence-corrected chi connectivity index (χ2v) is 4.84. The van der Waals surface area contributed by atoms with E-state index < -0.39 is 37.3 Å². The van der Waals surface area contributed by atoms with Crippen molar-refractivity contribution < 1.29 is 29.9 Å². The summed E-state index contributed by atoms with van der Waals surface area (Å²) in [5, 5.41) is 38.1. The Bertz CT molecular complexity index is 447. The molecule has 0 amide bonds. The third kappa shape index (κ3) is 4.10. The fourth-order valence-electron chi connectivity index (χ4n) is 2.10. The minimum atomic E-state index is -1.42. The van der Waals surface area contributed by atoms with Crippen LogP contribution in [0.5, 0.6) is 0 Å². The molecule has 0 saturated carbocycles. The van der Waals surface area contributed by atoms with Gasteiger partial charge in [-0.2, -0.15) is 0 Å². The van der Waals surface area contributed by atoms with Crippen LogP contribution in [-0.2, 0) is 9.47 Å². The molecule has 6 nitrogen and oxygen atoms in total. The lowest BCUT2D eigenvalue weighted by Crippen LogP contribution is -2.59. The van der Waals surface area contributed by atoms with Crippen molar-refractivity contribution in [2.45, 2.75) is 30.7 Å². The average Bonchev–Trinajstić information content (AvgIpc) is 2.52. The van der Waals surface area contributed by atoms with Gasteiger partial charge in [-0.05, 0) is 5.56 Å². The van der Waals surface area contributed by atoms with Crippen molar-refractivity contribution in [3.8, 4) is 0 Å². The van der Waals surface area contributed by atoms with Crippen LogP contribution < -0.4 is 0 Å². The Morgan fingerprint density at radius 2 is 1.76 bits per heavy atom. The Kier molecular flexibility index (Phi) is 5.86. The molecule has 0 radical (unpaired) electrons. The Hall–Kier alpha value is -1.28. The molecule has 0 unspecified atom stereocenters. The van der Waals surface area contributed by atoms with Gasteiger partial charge in [0.2, 0.25) is 0 Å². The van der Waals surface area contributed by atoms with Gasteiger partial charge in [-0.1, -0.05) is 42.5 Å². The zero-order valence-electron chi connectivity index (χ0n) is 11.4. The van der Waals surface area contributed by atoms with Crippen LogP contribution >= 0.6 is 0 Å². The van der Waals surface area contributed by atoms with Gasteiger partial charge in [0.25, 0.3) is 0 Å². The molecule has 1 fully saturated rings. The molecular formula is C15H20O6. The number of aliphatic hydroxyl groups excluding tert-OH is 4. The second kappa shape index (κ2) is 7.65. The molecule has 4 N–H and O–H groups in total. The molecule has 1 saturated heterocycles. The van der Waals surface area contributed by atoms with Crippen LogP contribution in [0.2, 0.25) is 0 Å². The van der Waals surface area contributed by atoms with E-state index >= 15 is 0 Å². The van der Waals surface area contributed by atoms with Gasteiger partial charge >= 0.3 is 0 Å². The van der Waals surface area contributed by atoms with E-state index in [0.717, 1.165) is 5.56 Å². The van der Waals surface area contributed by atoms with Crippen molar-refractivity contribution in [3.05, 3.63) is 42.0 Å². The van der Waals surface area contributed by atoms with Crippen LogP contribution in [0.3, 0.4) is 0 Å². The highest BCUT2D eigenvalue weighted by Crippen LogP contribution is 2.21. The molecule has 1 heterocycles. The Morgan fingerprint density at radius 3 is 2.43 bits per heavy atom. The number of hydrogen-bond acceptors (Lipinski definition) is 6. The molecule has 1 aromatic rings. The summed E-state index contributed by atoms with van der Waals surface area (Å²) in [4.78, 5) is 0. The number of hydrogen-bond donors (Lipinski definition) is 4. The molecule has 5 atom stereocenters. The minimum Gasteiger partial charge on any atom is -0.394 e. The monoisotopic (exact) mass is 296 g/mol. The largest absolute Gasteiger partial charge is 0.394 e. The van der Waals surface area contributed by atoms with Crippen LogP contribution in [-0.4, -0.2) is 64.3 Å². The van der Waals surface area contributed by atoms with E-state index in [0.29, 0.717) is 0 Å². The van der Waals surface area contributed by atoms with E-state index in [1.54, 1.807) is 6.08 Å². The van der Waals surface area contributed by atoms with E-state index in [1.165, 1.54) is 0 Å². The van der Waals surface area contributed by atoms with E-state index in [2.05, 4.69) is 0 Å². The second-order valence-electron chi connectivity index (χ2n) is 4.84. The molecule has 0 bridgehead atoms. The van der Waals surface area contributed by atoms with Crippen LogP contribution in [0, 0.1) is 0 Å². The van der Waals surface area contributed by atoms with Gasteiger partial charge in [-0.15, -0.1) is 0 Å². The quantitative estimate of drug-likeness (QED) is 0.585. The lowest BCUT2D eigenvalue weighted by atomic mass is 9.99. The summed E-state index contributed by atoms with van der Waals surface area (Å²) in [6.07, 6.45) is -2.61. The van der Waals surface area contributed by atoms with Gasteiger partial charge < -0.3 is 29.9 Å². The van der Waals surface area contributed by atoms with Crippen LogP contribution in [0.25, 0.3) is 6.08 Å². The first kappa shape index (κ1) is 16.1. The summed E-state index contributed by atoms with van der Waals surface area (Å²) >= 11 is 0. The van der Waals surface area contributed by atoms with Crippen molar-refractivity contribution in [2.75, 3.05) is 13.2 Å². The lowest BCUT2D eigenvalue weighted by Gasteiger charge is -2.39. The highest BCUT2D eigenvalue weighted by molar-refractivity contribution is 5.48. The molecule has 1 aliphatic rings. The third-order valence-corrected chi connectivity index (χ3v) is 3.32. The predicted molar refractivity (Wildman–Crippen MR) is 75.2 cm³/mol. The zero-order chi connectivity index (χ0) is 15.2. The van der Waals surface area contributed by atoms with Gasteiger partial charge in [0.15, 0.2) is 6.29 Å². The maximum atomic E-state index is 9.77. The Labute approximate surface area is 122 Å². The highest BCUT2D eigenvalue weighted by atomic mass is 16.7. The predicted octanol–water partition coefficient (Wildman–Crippen LogP) is -0.484. The van der Waals surface area contributed by atoms with E-state index in [4.69, 9.17) is 14.6 Å². The van der Waals surface area contributed by atoms with Crippen LogP contribution in [0.15, 0.2) is 36.4 Å². The summed E-state index contributed by atoms with van der Waals surface area (Å²) in [5.41, 5.74) is 1.01. The SMILES string of the molecule is OC[C@H]1O[C@@H](OCC=Cc2ccccc2)[C@H](O)[C@@H](O)[C@H]1O. The number of benzene rings is 1. The molecule has 1 aromatic carbocycles. The summed E-state index contributed by atoms with van der Waals surface area (Å²) in [5.74, 6) is 0. The molecule has 2 rings (SSSR count). The maximum Gasteiger partial charge on any atom is 0.187 e. The molecule has 6 heteroatoms.